The molecule has 34 heavy (non-hydrogen) atoms. The van der Waals surface area contributed by atoms with Gasteiger partial charge in [0, 0.05) is 47.6 Å². The predicted molar refractivity (Wildman–Crippen MR) is 138 cm³/mol. The number of likely N-dealkylation sites (tertiary alicyclic amines) is 1. The molecule has 0 spiro atoms. The summed E-state index contributed by atoms with van der Waals surface area (Å²) in [5.74, 6) is 0.816. The van der Waals surface area contributed by atoms with Crippen LogP contribution in [-0.2, 0) is 6.42 Å². The number of piperidine rings is 1. The van der Waals surface area contributed by atoms with Gasteiger partial charge in [-0.2, -0.15) is 0 Å². The maximum atomic E-state index is 13.1. The highest BCUT2D eigenvalue weighted by Gasteiger charge is 2.26. The number of nitrogens with one attached hydrogen (secondary N) is 1. The van der Waals surface area contributed by atoms with Crippen molar-refractivity contribution in [3.8, 4) is 5.75 Å². The Labute approximate surface area is 204 Å². The first-order chi connectivity index (χ1) is 16.5. The molecule has 178 valence electrons. The zero-order valence-electron chi connectivity index (χ0n) is 19.5. The van der Waals surface area contributed by atoms with Crippen LogP contribution in [0.5, 0.6) is 5.75 Å². The minimum atomic E-state index is -0.0931. The number of hydrogen-bond acceptors (Lipinski definition) is 6. The molecule has 1 amide bonds. The van der Waals surface area contributed by atoms with Gasteiger partial charge in [0.2, 0.25) is 5.71 Å². The number of fused-ring (bicyclic) bond motifs is 1. The number of benzene rings is 2. The summed E-state index contributed by atoms with van der Waals surface area (Å²) in [5, 5.41) is 11.5. The summed E-state index contributed by atoms with van der Waals surface area (Å²) in [5.41, 5.74) is 10.7. The molecule has 0 aromatic heterocycles. The molecular weight excluding hydrogens is 446 g/mol. The summed E-state index contributed by atoms with van der Waals surface area (Å²) in [4.78, 5) is 20.2. The summed E-state index contributed by atoms with van der Waals surface area (Å²) in [6.45, 7) is 6.58. The maximum Gasteiger partial charge on any atom is 0.251 e. The summed E-state index contributed by atoms with van der Waals surface area (Å²) < 4.78 is 5.60. The molecule has 0 saturated carbocycles. The van der Waals surface area contributed by atoms with E-state index in [4.69, 9.17) is 15.9 Å². The van der Waals surface area contributed by atoms with Gasteiger partial charge in [0.1, 0.15) is 5.75 Å². The first kappa shape index (κ1) is 22.9. The van der Waals surface area contributed by atoms with Gasteiger partial charge < -0.3 is 15.8 Å². The molecule has 3 aliphatic rings. The number of hydrogen-bond donors (Lipinski definition) is 3. The quantitative estimate of drug-likeness (QED) is 0.431. The fourth-order valence-electron chi connectivity index (χ4n) is 4.84. The highest BCUT2D eigenvalue weighted by molar-refractivity contribution is 8.14. The summed E-state index contributed by atoms with van der Waals surface area (Å²) >= 11 is 1.87. The van der Waals surface area contributed by atoms with Gasteiger partial charge in [-0.3, -0.25) is 20.1 Å². The van der Waals surface area contributed by atoms with Gasteiger partial charge in [0.15, 0.2) is 0 Å². The van der Waals surface area contributed by atoms with Crippen LogP contribution in [0.25, 0.3) is 0 Å². The second kappa shape index (κ2) is 9.80. The van der Waals surface area contributed by atoms with E-state index in [1.807, 2.05) is 30.0 Å². The van der Waals surface area contributed by atoms with E-state index in [9.17, 15) is 4.79 Å². The molecular formula is C26H32N5O2S+. The molecule has 0 bridgehead atoms. The monoisotopic (exact) mass is 478 g/mol. The Morgan fingerprint density at radius 1 is 1.29 bits per heavy atom. The van der Waals surface area contributed by atoms with E-state index >= 15 is 0 Å². The van der Waals surface area contributed by atoms with Crippen LogP contribution >= 0.6 is 11.8 Å². The second-order valence-electron chi connectivity index (χ2n) is 9.35. The lowest BCUT2D eigenvalue weighted by Crippen LogP contribution is -2.48. The van der Waals surface area contributed by atoms with Crippen molar-refractivity contribution in [3.05, 3.63) is 58.7 Å². The van der Waals surface area contributed by atoms with Crippen LogP contribution in [0.4, 0.5) is 5.69 Å². The molecule has 0 aliphatic carbocycles. The number of amides is 1. The Morgan fingerprint density at radius 3 is 2.97 bits per heavy atom. The van der Waals surface area contributed by atoms with Crippen molar-refractivity contribution in [3.63, 3.8) is 0 Å². The van der Waals surface area contributed by atoms with Gasteiger partial charge in [0.05, 0.1) is 23.8 Å². The molecule has 7 nitrogen and oxygen atoms in total. The van der Waals surface area contributed by atoms with Crippen LogP contribution in [0.1, 0.15) is 46.8 Å². The molecule has 2 atom stereocenters. The van der Waals surface area contributed by atoms with Crippen LogP contribution in [0.3, 0.4) is 0 Å². The first-order valence-electron chi connectivity index (χ1n) is 12.0. The van der Waals surface area contributed by atoms with Gasteiger partial charge in [0.25, 0.3) is 5.91 Å². The standard InChI is InChI=1S/C26H31N5O2S/c1-16-13-29-24(34-16)15-31-9-2-3-20(14-31)30-26(32)19-4-6-22(27)21(12-19)25(28)18-5-7-23-17(11-18)8-10-33-23/h4-7,11-12,16,20,28H,2-3,8-10,13-15,27H2,1H3,(H,30,32)/p+1/t16?,20-/m1/s1. The van der Waals surface area contributed by atoms with Gasteiger partial charge in [-0.15, -0.1) is 11.8 Å². The summed E-state index contributed by atoms with van der Waals surface area (Å²) in [6.07, 6.45) is 2.91. The van der Waals surface area contributed by atoms with Crippen LogP contribution in [-0.4, -0.2) is 65.6 Å². The van der Waals surface area contributed by atoms with Gasteiger partial charge in [-0.25, -0.2) is 0 Å². The number of carbonyl (C=O) groups excluding carboxylic acids is 1. The molecule has 0 radical (unpaired) electrons. The Balaban J connectivity index is 1.25. The minimum absolute atomic E-state index is 0.0931. The third kappa shape index (κ3) is 4.98. The number of rotatable bonds is 6. The number of ether oxygens (including phenoxy) is 1. The molecule has 1 unspecified atom stereocenters. The normalized spacial score (nSPS) is 22.1. The predicted octanol–water partition coefficient (Wildman–Crippen LogP) is 1.53. The molecule has 3 aliphatic heterocycles. The van der Waals surface area contributed by atoms with Crippen LogP contribution in [0.2, 0.25) is 0 Å². The number of nitrogen functional groups attached to an aromatic ring is 1. The number of thioether (sulfide) groups is 1. The van der Waals surface area contributed by atoms with Crippen LogP contribution < -0.4 is 21.2 Å². The third-order valence-corrected chi connectivity index (χ3v) is 7.75. The van der Waals surface area contributed by atoms with E-state index in [0.717, 1.165) is 62.3 Å². The molecule has 2 aromatic rings. The van der Waals surface area contributed by atoms with Crippen molar-refractivity contribution in [1.29, 1.82) is 0 Å². The molecule has 3 heterocycles. The highest BCUT2D eigenvalue weighted by Crippen LogP contribution is 2.27. The minimum Gasteiger partial charge on any atom is -0.493 e. The highest BCUT2D eigenvalue weighted by atomic mass is 32.2. The molecule has 1 fully saturated rings. The fourth-order valence-corrected chi connectivity index (χ4v) is 5.86. The Morgan fingerprint density at radius 2 is 2.15 bits per heavy atom. The fraction of sp³-hybridized carbons (Fsp3) is 0.423. The number of carbonyl (C=O) groups is 1. The molecule has 5 rings (SSSR count). The zero-order chi connectivity index (χ0) is 23.7. The SMILES string of the molecule is CC1CN=C(CN2CCC[C@@H](NC(=O)c3ccc(N)c(C(=[NH2+])c4ccc5c(c4)CCO5)c3)C2)S1. The molecule has 1 saturated heterocycles. The smallest absolute Gasteiger partial charge is 0.251 e. The zero-order valence-corrected chi connectivity index (χ0v) is 20.4. The molecule has 8 heteroatoms. The topological polar surface area (TPSA) is 106 Å². The number of nitrogens with zero attached hydrogens (tertiary/aromatic N) is 2. The number of nitrogens with two attached hydrogens (primary N) is 2. The van der Waals surface area contributed by atoms with Crippen molar-refractivity contribution < 1.29 is 14.9 Å². The Kier molecular flexibility index (Phi) is 6.61. The molecule has 2 aromatic carbocycles. The lowest BCUT2D eigenvalue weighted by atomic mass is 9.96. The van der Waals surface area contributed by atoms with E-state index < -0.39 is 0 Å². The van der Waals surface area contributed by atoms with E-state index in [2.05, 4.69) is 22.1 Å². The van der Waals surface area contributed by atoms with Crippen LogP contribution in [0.15, 0.2) is 41.4 Å². The summed E-state index contributed by atoms with van der Waals surface area (Å²) in [6, 6.07) is 11.4. The maximum absolute atomic E-state index is 13.1. The Hall–Kier alpha value is -2.84. The van der Waals surface area contributed by atoms with Crippen molar-refractivity contribution in [2.24, 2.45) is 4.99 Å². The third-order valence-electron chi connectivity index (χ3n) is 6.67. The van der Waals surface area contributed by atoms with Crippen molar-refractivity contribution >= 4 is 34.1 Å². The number of anilines is 1. The van der Waals surface area contributed by atoms with Crippen molar-refractivity contribution in [1.82, 2.24) is 10.2 Å². The average molecular weight is 479 g/mol. The van der Waals surface area contributed by atoms with E-state index in [-0.39, 0.29) is 11.9 Å². The Bertz CT molecular complexity index is 1150. The second-order valence-corrected chi connectivity index (χ2v) is 10.9. The van der Waals surface area contributed by atoms with Gasteiger partial charge in [-0.05, 0) is 61.3 Å². The lowest BCUT2D eigenvalue weighted by molar-refractivity contribution is -0.111. The van der Waals surface area contributed by atoms with E-state index in [1.165, 1.54) is 5.04 Å². The molecule has 5 N–H and O–H groups in total. The first-order valence-corrected chi connectivity index (χ1v) is 12.9. The van der Waals surface area contributed by atoms with Gasteiger partial charge >= 0.3 is 0 Å². The average Bonchev–Trinajstić information content (AvgIpc) is 3.47. The van der Waals surface area contributed by atoms with E-state index in [1.54, 1.807) is 18.2 Å². The van der Waals surface area contributed by atoms with E-state index in [0.29, 0.717) is 34.4 Å². The van der Waals surface area contributed by atoms with Crippen molar-refractivity contribution in [2.45, 2.75) is 37.5 Å². The number of aliphatic imine (C=N–C) groups is 1. The lowest BCUT2D eigenvalue weighted by Gasteiger charge is -2.33. The van der Waals surface area contributed by atoms with Crippen molar-refractivity contribution in [2.75, 3.05) is 38.5 Å². The van der Waals surface area contributed by atoms with Crippen LogP contribution in [0, 0.1) is 0 Å². The largest absolute Gasteiger partial charge is 0.493 e. The summed E-state index contributed by atoms with van der Waals surface area (Å²) in [7, 11) is 0. The van der Waals surface area contributed by atoms with Gasteiger partial charge in [-0.1, -0.05) is 6.92 Å².